The first kappa shape index (κ1) is 19.1. The average molecular weight is 360 g/mol. The van der Waals surface area contributed by atoms with Crippen molar-refractivity contribution in [3.8, 4) is 0 Å². The van der Waals surface area contributed by atoms with Gasteiger partial charge in [-0.2, -0.15) is 0 Å². The summed E-state index contributed by atoms with van der Waals surface area (Å²) in [6.07, 6.45) is 0.724. The summed E-state index contributed by atoms with van der Waals surface area (Å²) in [5, 5.41) is 2.89. The van der Waals surface area contributed by atoms with Crippen molar-refractivity contribution in [2.24, 2.45) is 0 Å². The van der Waals surface area contributed by atoms with Gasteiger partial charge in [-0.05, 0) is 49.6 Å². The van der Waals surface area contributed by atoms with E-state index in [1.165, 1.54) is 11.4 Å². The van der Waals surface area contributed by atoms with E-state index in [1.54, 1.807) is 30.3 Å². The van der Waals surface area contributed by atoms with Gasteiger partial charge >= 0.3 is 0 Å². The maximum atomic E-state index is 12.4. The van der Waals surface area contributed by atoms with Gasteiger partial charge < -0.3 is 5.32 Å². The van der Waals surface area contributed by atoms with Crippen molar-refractivity contribution < 1.29 is 13.2 Å². The van der Waals surface area contributed by atoms with E-state index >= 15 is 0 Å². The van der Waals surface area contributed by atoms with Crippen LogP contribution in [0.15, 0.2) is 53.4 Å². The number of anilines is 1. The minimum Gasteiger partial charge on any atom is -0.326 e. The van der Waals surface area contributed by atoms with Crippen molar-refractivity contribution in [2.45, 2.75) is 31.6 Å². The van der Waals surface area contributed by atoms with Crippen LogP contribution in [-0.2, 0) is 14.8 Å². The zero-order chi connectivity index (χ0) is 18.4. The standard InChI is InChI=1S/C19H24N2O3S/c1-15-11-12-16(2)18(14-15)20-19(22)10-7-13-21(3)25(23,24)17-8-5-4-6-9-17/h4-6,8-9,11-12,14H,7,10,13H2,1-3H3,(H,20,22). The van der Waals surface area contributed by atoms with Crippen LogP contribution >= 0.6 is 0 Å². The lowest BCUT2D eigenvalue weighted by molar-refractivity contribution is -0.116. The zero-order valence-corrected chi connectivity index (χ0v) is 15.6. The zero-order valence-electron chi connectivity index (χ0n) is 14.8. The van der Waals surface area contributed by atoms with E-state index in [4.69, 9.17) is 0 Å². The van der Waals surface area contributed by atoms with Crippen molar-refractivity contribution in [3.63, 3.8) is 0 Å². The highest BCUT2D eigenvalue weighted by atomic mass is 32.2. The molecule has 0 aliphatic carbocycles. The number of amides is 1. The molecule has 0 aliphatic heterocycles. The summed E-state index contributed by atoms with van der Waals surface area (Å²) in [4.78, 5) is 12.4. The molecule has 1 N–H and O–H groups in total. The molecule has 2 aromatic carbocycles. The van der Waals surface area contributed by atoms with Crippen LogP contribution in [-0.4, -0.2) is 32.2 Å². The first-order chi connectivity index (χ1) is 11.8. The Hall–Kier alpha value is -2.18. The lowest BCUT2D eigenvalue weighted by atomic mass is 10.1. The molecular formula is C19H24N2O3S. The Labute approximate surface area is 149 Å². The second kappa shape index (κ2) is 8.27. The lowest BCUT2D eigenvalue weighted by Gasteiger charge is -2.17. The van der Waals surface area contributed by atoms with Gasteiger partial charge in [-0.3, -0.25) is 4.79 Å². The molecular weight excluding hydrogens is 336 g/mol. The smallest absolute Gasteiger partial charge is 0.242 e. The van der Waals surface area contributed by atoms with E-state index in [0.717, 1.165) is 16.8 Å². The van der Waals surface area contributed by atoms with Crippen molar-refractivity contribution in [1.82, 2.24) is 4.31 Å². The molecule has 0 aliphatic rings. The molecule has 0 saturated heterocycles. The van der Waals surface area contributed by atoms with E-state index in [1.807, 2.05) is 32.0 Å². The Balaban J connectivity index is 1.87. The number of rotatable bonds is 7. The summed E-state index contributed by atoms with van der Waals surface area (Å²) in [7, 11) is -1.97. The topological polar surface area (TPSA) is 66.5 Å². The van der Waals surface area contributed by atoms with Crippen LogP contribution in [0.1, 0.15) is 24.0 Å². The number of carbonyl (C=O) groups is 1. The van der Waals surface area contributed by atoms with Gasteiger partial charge in [-0.1, -0.05) is 30.3 Å². The number of nitrogens with zero attached hydrogens (tertiary/aromatic N) is 1. The monoisotopic (exact) mass is 360 g/mol. The van der Waals surface area contributed by atoms with Crippen LogP contribution in [0.5, 0.6) is 0 Å². The van der Waals surface area contributed by atoms with Crippen LogP contribution in [0, 0.1) is 13.8 Å². The number of carbonyl (C=O) groups excluding carboxylic acids is 1. The fourth-order valence-corrected chi connectivity index (χ4v) is 3.67. The maximum Gasteiger partial charge on any atom is 0.242 e. The molecule has 134 valence electrons. The molecule has 25 heavy (non-hydrogen) atoms. The lowest BCUT2D eigenvalue weighted by Crippen LogP contribution is -2.28. The summed E-state index contributed by atoms with van der Waals surface area (Å²) in [6.45, 7) is 4.20. The third-order valence-electron chi connectivity index (χ3n) is 4.00. The van der Waals surface area contributed by atoms with Crippen molar-refractivity contribution >= 4 is 21.6 Å². The molecule has 1 amide bonds. The van der Waals surface area contributed by atoms with Gasteiger partial charge in [0.2, 0.25) is 15.9 Å². The molecule has 0 unspecified atom stereocenters. The second-order valence-corrected chi connectivity index (χ2v) is 8.15. The Bertz CT molecular complexity index is 833. The normalized spacial score (nSPS) is 11.5. The molecule has 2 rings (SSSR count). The number of hydrogen-bond donors (Lipinski definition) is 1. The third kappa shape index (κ3) is 5.14. The third-order valence-corrected chi connectivity index (χ3v) is 5.87. The summed E-state index contributed by atoms with van der Waals surface area (Å²) >= 11 is 0. The number of hydrogen-bond acceptors (Lipinski definition) is 3. The number of aryl methyl sites for hydroxylation is 2. The fourth-order valence-electron chi connectivity index (χ4n) is 2.44. The van der Waals surface area contributed by atoms with Crippen LogP contribution in [0.4, 0.5) is 5.69 Å². The molecule has 0 atom stereocenters. The summed E-state index contributed by atoms with van der Waals surface area (Å²) < 4.78 is 26.1. The molecule has 2 aromatic rings. The van der Waals surface area contributed by atoms with E-state index in [0.29, 0.717) is 6.42 Å². The van der Waals surface area contributed by atoms with Crippen LogP contribution < -0.4 is 5.32 Å². The number of sulfonamides is 1. The maximum absolute atomic E-state index is 12.4. The fraction of sp³-hybridized carbons (Fsp3) is 0.316. The molecule has 5 nitrogen and oxygen atoms in total. The van der Waals surface area contributed by atoms with Gasteiger partial charge in [0.1, 0.15) is 0 Å². The van der Waals surface area contributed by atoms with Crippen LogP contribution in [0.3, 0.4) is 0 Å². The van der Waals surface area contributed by atoms with Gasteiger partial charge in [0.15, 0.2) is 0 Å². The number of benzene rings is 2. The Morgan fingerprint density at radius 3 is 2.44 bits per heavy atom. The first-order valence-corrected chi connectivity index (χ1v) is 9.63. The SMILES string of the molecule is Cc1ccc(C)c(NC(=O)CCCN(C)S(=O)(=O)c2ccccc2)c1. The van der Waals surface area contributed by atoms with Gasteiger partial charge in [0.05, 0.1) is 4.90 Å². The quantitative estimate of drug-likeness (QED) is 0.823. The van der Waals surface area contributed by atoms with Crippen molar-refractivity contribution in [1.29, 1.82) is 0 Å². The highest BCUT2D eigenvalue weighted by molar-refractivity contribution is 7.89. The van der Waals surface area contributed by atoms with E-state index in [2.05, 4.69) is 5.32 Å². The predicted octanol–water partition coefficient (Wildman–Crippen LogP) is 3.34. The highest BCUT2D eigenvalue weighted by Gasteiger charge is 2.20. The molecule has 0 fully saturated rings. The largest absolute Gasteiger partial charge is 0.326 e. The predicted molar refractivity (Wildman–Crippen MR) is 100 cm³/mol. The molecule has 0 saturated carbocycles. The summed E-state index contributed by atoms with van der Waals surface area (Å²) in [5.74, 6) is -0.112. The molecule has 0 bridgehead atoms. The van der Waals surface area contributed by atoms with E-state index in [-0.39, 0.29) is 23.8 Å². The van der Waals surface area contributed by atoms with E-state index < -0.39 is 10.0 Å². The van der Waals surface area contributed by atoms with Crippen molar-refractivity contribution in [3.05, 3.63) is 59.7 Å². The van der Waals surface area contributed by atoms with Gasteiger partial charge in [0.25, 0.3) is 0 Å². The average Bonchev–Trinajstić information content (AvgIpc) is 2.58. The van der Waals surface area contributed by atoms with E-state index in [9.17, 15) is 13.2 Å². The van der Waals surface area contributed by atoms with Crippen LogP contribution in [0.2, 0.25) is 0 Å². The molecule has 0 radical (unpaired) electrons. The van der Waals surface area contributed by atoms with Gasteiger partial charge in [-0.15, -0.1) is 0 Å². The van der Waals surface area contributed by atoms with Crippen molar-refractivity contribution in [2.75, 3.05) is 18.9 Å². The molecule has 0 aromatic heterocycles. The van der Waals surface area contributed by atoms with Gasteiger partial charge in [0, 0.05) is 25.7 Å². The summed E-state index contributed by atoms with van der Waals surface area (Å²) in [5.41, 5.74) is 2.88. The Morgan fingerprint density at radius 2 is 1.76 bits per heavy atom. The highest BCUT2D eigenvalue weighted by Crippen LogP contribution is 2.17. The molecule has 6 heteroatoms. The Morgan fingerprint density at radius 1 is 1.08 bits per heavy atom. The summed E-state index contributed by atoms with van der Waals surface area (Å²) in [6, 6.07) is 14.2. The second-order valence-electron chi connectivity index (χ2n) is 6.11. The van der Waals surface area contributed by atoms with Gasteiger partial charge in [-0.25, -0.2) is 12.7 Å². The Kier molecular flexibility index (Phi) is 6.33. The minimum absolute atomic E-state index is 0.112. The first-order valence-electron chi connectivity index (χ1n) is 8.19. The number of nitrogens with one attached hydrogen (secondary N) is 1. The minimum atomic E-state index is -3.51. The molecule has 0 heterocycles. The van der Waals surface area contributed by atoms with Crippen LogP contribution in [0.25, 0.3) is 0 Å². The molecule has 0 spiro atoms.